The van der Waals surface area contributed by atoms with Crippen LogP contribution in [0.15, 0.2) is 28.8 Å². The van der Waals surface area contributed by atoms with Gasteiger partial charge in [-0.1, -0.05) is 11.2 Å². The van der Waals surface area contributed by atoms with Gasteiger partial charge in [-0.25, -0.2) is 0 Å². The van der Waals surface area contributed by atoms with E-state index < -0.39 is 11.7 Å². The lowest BCUT2D eigenvalue weighted by Gasteiger charge is -2.12. The summed E-state index contributed by atoms with van der Waals surface area (Å²) in [6.45, 7) is 0. The first kappa shape index (κ1) is 12.3. The van der Waals surface area contributed by atoms with Crippen LogP contribution < -0.4 is 10.5 Å². The molecule has 0 fully saturated rings. The first-order valence-corrected chi connectivity index (χ1v) is 4.89. The standard InChI is InChI=1S/C11H9F3N2O2/c1-17-9-4-6(8-5-10(15)18-16-8)2-3-7(9)11(12,13)14/h2-5H,15H2,1H3. The molecule has 0 radical (unpaired) electrons. The fraction of sp³-hybridized carbons (Fsp3) is 0.182. The minimum Gasteiger partial charge on any atom is -0.496 e. The first-order valence-electron chi connectivity index (χ1n) is 4.89. The van der Waals surface area contributed by atoms with E-state index in [1.807, 2.05) is 0 Å². The number of halogens is 3. The number of aromatic nitrogens is 1. The lowest BCUT2D eigenvalue weighted by atomic mass is 10.1. The number of benzene rings is 1. The maximum Gasteiger partial charge on any atom is 0.419 e. The topological polar surface area (TPSA) is 61.3 Å². The number of anilines is 1. The maximum absolute atomic E-state index is 12.6. The third-order valence-corrected chi connectivity index (χ3v) is 2.33. The van der Waals surface area contributed by atoms with Crippen LogP contribution in [0.5, 0.6) is 5.75 Å². The Balaban J connectivity index is 2.48. The van der Waals surface area contributed by atoms with Crippen molar-refractivity contribution in [3.63, 3.8) is 0 Å². The predicted octanol–water partition coefficient (Wildman–Crippen LogP) is 2.95. The van der Waals surface area contributed by atoms with Gasteiger partial charge in [-0.05, 0) is 12.1 Å². The Hall–Kier alpha value is -2.18. The molecule has 1 aromatic carbocycles. The van der Waals surface area contributed by atoms with Crippen molar-refractivity contribution < 1.29 is 22.4 Å². The van der Waals surface area contributed by atoms with Crippen LogP contribution in [0.2, 0.25) is 0 Å². The highest BCUT2D eigenvalue weighted by Crippen LogP contribution is 2.38. The summed E-state index contributed by atoms with van der Waals surface area (Å²) in [5.41, 5.74) is 5.28. The van der Waals surface area contributed by atoms with Crippen LogP contribution >= 0.6 is 0 Å². The molecule has 2 aromatic rings. The summed E-state index contributed by atoms with van der Waals surface area (Å²) in [6.07, 6.45) is -4.47. The number of alkyl halides is 3. The Morgan fingerprint density at radius 3 is 2.50 bits per heavy atom. The van der Waals surface area contributed by atoms with Gasteiger partial charge < -0.3 is 15.0 Å². The van der Waals surface area contributed by atoms with E-state index in [1.54, 1.807) is 0 Å². The highest BCUT2D eigenvalue weighted by Gasteiger charge is 2.34. The molecule has 0 aliphatic rings. The number of nitrogen functional groups attached to an aromatic ring is 1. The van der Waals surface area contributed by atoms with E-state index in [0.717, 1.165) is 6.07 Å². The molecule has 96 valence electrons. The Kier molecular flexibility index (Phi) is 2.90. The monoisotopic (exact) mass is 258 g/mol. The van der Waals surface area contributed by atoms with Crippen LogP contribution in [0.3, 0.4) is 0 Å². The van der Waals surface area contributed by atoms with Crippen LogP contribution in [0.25, 0.3) is 11.3 Å². The van der Waals surface area contributed by atoms with Crippen molar-refractivity contribution in [2.45, 2.75) is 6.18 Å². The molecule has 0 amide bonds. The second kappa shape index (κ2) is 4.25. The van der Waals surface area contributed by atoms with Crippen molar-refractivity contribution in [2.24, 2.45) is 0 Å². The lowest BCUT2D eigenvalue weighted by Crippen LogP contribution is -2.07. The van der Waals surface area contributed by atoms with Crippen LogP contribution in [-0.4, -0.2) is 12.3 Å². The van der Waals surface area contributed by atoms with Gasteiger partial charge in [0.1, 0.15) is 11.4 Å². The Morgan fingerprint density at radius 1 is 1.28 bits per heavy atom. The van der Waals surface area contributed by atoms with Gasteiger partial charge in [0.25, 0.3) is 0 Å². The van der Waals surface area contributed by atoms with Crippen molar-refractivity contribution in [1.82, 2.24) is 5.16 Å². The fourth-order valence-electron chi connectivity index (χ4n) is 1.51. The van der Waals surface area contributed by atoms with Crippen LogP contribution in [-0.2, 0) is 6.18 Å². The van der Waals surface area contributed by atoms with Crippen molar-refractivity contribution in [3.8, 4) is 17.0 Å². The molecule has 2 N–H and O–H groups in total. The molecule has 0 saturated heterocycles. The van der Waals surface area contributed by atoms with Gasteiger partial charge in [-0.15, -0.1) is 0 Å². The molecule has 0 aliphatic heterocycles. The highest BCUT2D eigenvalue weighted by molar-refractivity contribution is 5.64. The maximum atomic E-state index is 12.6. The van der Waals surface area contributed by atoms with Gasteiger partial charge in [0.05, 0.1) is 12.7 Å². The molecule has 1 aromatic heterocycles. The fourth-order valence-corrected chi connectivity index (χ4v) is 1.51. The third-order valence-electron chi connectivity index (χ3n) is 2.33. The molecule has 0 saturated carbocycles. The zero-order chi connectivity index (χ0) is 13.3. The average molecular weight is 258 g/mol. The SMILES string of the molecule is COc1cc(-c2cc(N)on2)ccc1C(F)(F)F. The number of ether oxygens (including phenoxy) is 1. The molecule has 0 aliphatic carbocycles. The third kappa shape index (κ3) is 2.24. The normalized spacial score (nSPS) is 11.6. The van der Waals surface area contributed by atoms with Crippen molar-refractivity contribution in [3.05, 3.63) is 29.8 Å². The predicted molar refractivity (Wildman–Crippen MR) is 57.9 cm³/mol. The van der Waals surface area contributed by atoms with Crippen molar-refractivity contribution in [1.29, 1.82) is 0 Å². The Bertz CT molecular complexity index is 564. The molecule has 4 nitrogen and oxygen atoms in total. The van der Waals surface area contributed by atoms with E-state index in [-0.39, 0.29) is 11.6 Å². The molecule has 0 spiro atoms. The van der Waals surface area contributed by atoms with Crippen molar-refractivity contribution in [2.75, 3.05) is 12.8 Å². The molecule has 7 heteroatoms. The first-order chi connectivity index (χ1) is 8.41. The molecular formula is C11H9F3N2O2. The average Bonchev–Trinajstić information content (AvgIpc) is 2.74. The molecule has 18 heavy (non-hydrogen) atoms. The largest absolute Gasteiger partial charge is 0.496 e. The van der Waals surface area contributed by atoms with Crippen molar-refractivity contribution >= 4 is 5.88 Å². The van der Waals surface area contributed by atoms with Gasteiger partial charge in [0.2, 0.25) is 5.88 Å². The number of rotatable bonds is 2. The summed E-state index contributed by atoms with van der Waals surface area (Å²) >= 11 is 0. The van der Waals surface area contributed by atoms with E-state index in [0.29, 0.717) is 11.3 Å². The lowest BCUT2D eigenvalue weighted by molar-refractivity contribution is -0.138. The zero-order valence-electron chi connectivity index (χ0n) is 9.28. The molecule has 0 bridgehead atoms. The minimum atomic E-state index is -4.47. The van der Waals surface area contributed by atoms with Gasteiger partial charge in [-0.3, -0.25) is 0 Å². The Labute approximate surface area is 100 Å². The van der Waals surface area contributed by atoms with E-state index >= 15 is 0 Å². The molecule has 1 heterocycles. The van der Waals surface area contributed by atoms with Crippen LogP contribution in [0.1, 0.15) is 5.56 Å². The number of nitrogens with two attached hydrogens (primary N) is 1. The smallest absolute Gasteiger partial charge is 0.419 e. The highest BCUT2D eigenvalue weighted by atomic mass is 19.4. The summed E-state index contributed by atoms with van der Waals surface area (Å²) in [5, 5.41) is 3.62. The molecule has 2 rings (SSSR count). The number of methoxy groups -OCH3 is 1. The summed E-state index contributed by atoms with van der Waals surface area (Å²) < 4.78 is 47.3. The van der Waals surface area contributed by atoms with E-state index in [1.165, 1.54) is 25.3 Å². The summed E-state index contributed by atoms with van der Waals surface area (Å²) in [5.74, 6) is -0.189. The van der Waals surface area contributed by atoms with E-state index in [9.17, 15) is 13.2 Å². The summed E-state index contributed by atoms with van der Waals surface area (Å²) in [4.78, 5) is 0. The second-order valence-electron chi connectivity index (χ2n) is 3.53. The van der Waals surface area contributed by atoms with Gasteiger partial charge in [-0.2, -0.15) is 13.2 Å². The van der Waals surface area contributed by atoms with E-state index in [2.05, 4.69) is 9.68 Å². The van der Waals surface area contributed by atoms with Crippen LogP contribution in [0.4, 0.5) is 19.1 Å². The van der Waals surface area contributed by atoms with Gasteiger partial charge in [0, 0.05) is 11.6 Å². The molecule has 0 atom stereocenters. The minimum absolute atomic E-state index is 0.0869. The molecule has 0 unspecified atom stereocenters. The van der Waals surface area contributed by atoms with Gasteiger partial charge in [0.15, 0.2) is 0 Å². The molecular weight excluding hydrogens is 249 g/mol. The Morgan fingerprint density at radius 2 is 2.00 bits per heavy atom. The quantitative estimate of drug-likeness (QED) is 0.899. The van der Waals surface area contributed by atoms with Crippen LogP contribution in [0, 0.1) is 0 Å². The number of hydrogen-bond donors (Lipinski definition) is 1. The number of hydrogen-bond acceptors (Lipinski definition) is 4. The second-order valence-corrected chi connectivity index (χ2v) is 3.53. The zero-order valence-corrected chi connectivity index (χ0v) is 9.28. The number of nitrogens with zero attached hydrogens (tertiary/aromatic N) is 1. The summed E-state index contributed by atoms with van der Waals surface area (Å²) in [7, 11) is 1.17. The van der Waals surface area contributed by atoms with Gasteiger partial charge >= 0.3 is 6.18 Å². The van der Waals surface area contributed by atoms with E-state index in [4.69, 9.17) is 10.5 Å². The summed E-state index contributed by atoms with van der Waals surface area (Å²) in [6, 6.07) is 4.86.